The van der Waals surface area contributed by atoms with Crippen molar-refractivity contribution in [3.63, 3.8) is 0 Å². The number of benzene rings is 1. The number of unbranched alkanes of at least 4 members (excludes halogenated alkanes) is 1. The lowest BCUT2D eigenvalue weighted by Crippen LogP contribution is -2.49. The van der Waals surface area contributed by atoms with Gasteiger partial charge < -0.3 is 10.2 Å². The van der Waals surface area contributed by atoms with Crippen LogP contribution in [-0.4, -0.2) is 41.6 Å². The van der Waals surface area contributed by atoms with Crippen LogP contribution in [0.15, 0.2) is 29.2 Å². The molecule has 4 nitrogen and oxygen atoms in total. The molecule has 0 saturated heterocycles. The summed E-state index contributed by atoms with van der Waals surface area (Å²) < 4.78 is 0. The number of likely N-dealkylation sites (N-methyl/N-ethyl adjacent to an activating group) is 1. The van der Waals surface area contributed by atoms with Crippen molar-refractivity contribution in [3.05, 3.63) is 29.8 Å². The Kier molecular flexibility index (Phi) is 9.65. The van der Waals surface area contributed by atoms with Crippen LogP contribution in [0.2, 0.25) is 0 Å². The summed E-state index contributed by atoms with van der Waals surface area (Å²) in [7, 11) is 0. The van der Waals surface area contributed by atoms with E-state index in [9.17, 15) is 9.59 Å². The van der Waals surface area contributed by atoms with Crippen molar-refractivity contribution in [1.29, 1.82) is 0 Å². The van der Waals surface area contributed by atoms with Gasteiger partial charge >= 0.3 is 0 Å². The number of hydrogen-bond acceptors (Lipinski definition) is 3. The fourth-order valence-electron chi connectivity index (χ4n) is 2.54. The van der Waals surface area contributed by atoms with E-state index in [4.69, 9.17) is 0 Å². The molecule has 0 spiro atoms. The Morgan fingerprint density at radius 3 is 2.28 bits per heavy atom. The highest BCUT2D eigenvalue weighted by atomic mass is 32.2. The van der Waals surface area contributed by atoms with Crippen LogP contribution >= 0.6 is 11.8 Å². The molecule has 1 aromatic carbocycles. The van der Waals surface area contributed by atoms with Gasteiger partial charge in [-0.15, -0.1) is 11.8 Å². The molecule has 1 aromatic rings. The third-order valence-corrected chi connectivity index (χ3v) is 5.22. The Morgan fingerprint density at radius 2 is 1.80 bits per heavy atom. The summed E-state index contributed by atoms with van der Waals surface area (Å²) >= 11 is 1.61. The second kappa shape index (κ2) is 11.2. The molecule has 0 aliphatic heterocycles. The van der Waals surface area contributed by atoms with Crippen molar-refractivity contribution in [2.45, 2.75) is 64.3 Å². The normalized spacial score (nSPS) is 12.1. The molecule has 1 N–H and O–H groups in total. The van der Waals surface area contributed by atoms with Gasteiger partial charge in [0.1, 0.15) is 6.04 Å². The van der Waals surface area contributed by atoms with Crippen LogP contribution in [0.1, 0.15) is 58.9 Å². The van der Waals surface area contributed by atoms with Crippen molar-refractivity contribution >= 4 is 23.6 Å². The molecule has 0 heterocycles. The lowest BCUT2D eigenvalue weighted by atomic mass is 10.0. The van der Waals surface area contributed by atoms with Crippen molar-refractivity contribution in [3.8, 4) is 0 Å². The number of carbonyl (C=O) groups excluding carboxylic acids is 2. The molecule has 0 aliphatic carbocycles. The van der Waals surface area contributed by atoms with Crippen LogP contribution in [0.25, 0.3) is 0 Å². The summed E-state index contributed by atoms with van der Waals surface area (Å²) in [4.78, 5) is 27.3. The number of nitrogens with one attached hydrogen (secondary N) is 1. The maximum Gasteiger partial charge on any atom is 0.246 e. The molecule has 0 aliphatic rings. The largest absolute Gasteiger partial charge is 0.344 e. The zero-order chi connectivity index (χ0) is 18.8. The SMILES string of the molecule is CCCCN(CC)C(=O)C(CSc1ccc(C(C)C)cc1)NC(C)=O. The first-order valence-corrected chi connectivity index (χ1v) is 10.2. The summed E-state index contributed by atoms with van der Waals surface area (Å²) in [6, 6.07) is 7.95. The van der Waals surface area contributed by atoms with Gasteiger partial charge in [0.25, 0.3) is 0 Å². The maximum atomic E-state index is 12.8. The summed E-state index contributed by atoms with van der Waals surface area (Å²) in [6.07, 6.45) is 2.03. The van der Waals surface area contributed by atoms with Crippen molar-refractivity contribution < 1.29 is 9.59 Å². The first kappa shape index (κ1) is 21.6. The van der Waals surface area contributed by atoms with Crippen molar-refractivity contribution in [2.24, 2.45) is 0 Å². The third kappa shape index (κ3) is 7.51. The van der Waals surface area contributed by atoms with E-state index in [1.807, 2.05) is 11.8 Å². The highest BCUT2D eigenvalue weighted by Crippen LogP contribution is 2.22. The molecule has 0 aromatic heterocycles. The fourth-order valence-corrected chi connectivity index (χ4v) is 3.46. The van der Waals surface area contributed by atoms with Crippen LogP contribution in [0.3, 0.4) is 0 Å². The number of thioether (sulfide) groups is 1. The predicted octanol–water partition coefficient (Wildman–Crippen LogP) is 4.06. The van der Waals surface area contributed by atoms with Gasteiger partial charge in [0, 0.05) is 30.7 Å². The topological polar surface area (TPSA) is 49.4 Å². The van der Waals surface area contributed by atoms with Crippen LogP contribution in [-0.2, 0) is 9.59 Å². The lowest BCUT2D eigenvalue weighted by molar-refractivity contribution is -0.135. The molecule has 0 radical (unpaired) electrons. The van der Waals surface area contributed by atoms with E-state index in [2.05, 4.69) is 50.4 Å². The Balaban J connectivity index is 2.74. The zero-order valence-electron chi connectivity index (χ0n) is 16.2. The Hall–Kier alpha value is -1.49. The van der Waals surface area contributed by atoms with E-state index in [0.29, 0.717) is 18.2 Å². The Labute approximate surface area is 156 Å². The number of rotatable bonds is 10. The van der Waals surface area contributed by atoms with E-state index >= 15 is 0 Å². The van der Waals surface area contributed by atoms with Gasteiger partial charge in [0.05, 0.1) is 0 Å². The minimum absolute atomic E-state index is 0.0115. The van der Waals surface area contributed by atoms with Crippen LogP contribution in [0.5, 0.6) is 0 Å². The van der Waals surface area contributed by atoms with Gasteiger partial charge in [0.2, 0.25) is 11.8 Å². The van der Waals surface area contributed by atoms with E-state index in [1.165, 1.54) is 12.5 Å². The first-order valence-electron chi connectivity index (χ1n) is 9.17. The number of hydrogen-bond donors (Lipinski definition) is 1. The molecule has 0 fully saturated rings. The predicted molar refractivity (Wildman–Crippen MR) is 106 cm³/mol. The summed E-state index contributed by atoms with van der Waals surface area (Å²) in [5.41, 5.74) is 1.30. The molecule has 0 bridgehead atoms. The monoisotopic (exact) mass is 364 g/mol. The summed E-state index contributed by atoms with van der Waals surface area (Å²) in [5.74, 6) is 0.893. The van der Waals surface area contributed by atoms with E-state index in [1.54, 1.807) is 11.8 Å². The Bertz CT molecular complexity index is 543. The second-order valence-electron chi connectivity index (χ2n) is 6.56. The van der Waals surface area contributed by atoms with Crippen molar-refractivity contribution in [2.75, 3.05) is 18.8 Å². The molecule has 140 valence electrons. The molecule has 1 unspecified atom stereocenters. The number of carbonyl (C=O) groups is 2. The molecule has 0 saturated carbocycles. The highest BCUT2D eigenvalue weighted by Gasteiger charge is 2.24. The van der Waals surface area contributed by atoms with Gasteiger partial charge in [-0.05, 0) is 37.0 Å². The minimum atomic E-state index is -0.482. The Morgan fingerprint density at radius 1 is 1.16 bits per heavy atom. The zero-order valence-corrected chi connectivity index (χ0v) is 17.0. The molecule has 25 heavy (non-hydrogen) atoms. The molecule has 1 rings (SSSR count). The van der Waals surface area contributed by atoms with Gasteiger partial charge in [-0.25, -0.2) is 0 Å². The average Bonchev–Trinajstić information content (AvgIpc) is 2.59. The second-order valence-corrected chi connectivity index (χ2v) is 7.65. The van der Waals surface area contributed by atoms with E-state index in [0.717, 1.165) is 24.3 Å². The van der Waals surface area contributed by atoms with Gasteiger partial charge in [-0.1, -0.05) is 39.3 Å². The minimum Gasteiger partial charge on any atom is -0.344 e. The third-order valence-electron chi connectivity index (χ3n) is 4.11. The summed E-state index contributed by atoms with van der Waals surface area (Å²) in [6.45, 7) is 11.3. The fraction of sp³-hybridized carbons (Fsp3) is 0.600. The molecule has 5 heteroatoms. The quantitative estimate of drug-likeness (QED) is 0.637. The molecular weight excluding hydrogens is 332 g/mol. The van der Waals surface area contributed by atoms with Gasteiger partial charge in [-0.3, -0.25) is 9.59 Å². The van der Waals surface area contributed by atoms with Crippen LogP contribution in [0, 0.1) is 0 Å². The highest BCUT2D eigenvalue weighted by molar-refractivity contribution is 7.99. The standard InChI is InChI=1S/C20H32N2O2S/c1-6-8-13-22(7-2)20(24)19(21-16(5)23)14-25-18-11-9-17(10-12-18)15(3)4/h9-12,15,19H,6-8,13-14H2,1-5H3,(H,21,23). The van der Waals surface area contributed by atoms with E-state index in [-0.39, 0.29) is 11.8 Å². The number of nitrogens with zero attached hydrogens (tertiary/aromatic N) is 1. The molecule has 2 amide bonds. The molecule has 1 atom stereocenters. The summed E-state index contributed by atoms with van der Waals surface area (Å²) in [5, 5.41) is 2.82. The lowest BCUT2D eigenvalue weighted by Gasteiger charge is -2.26. The van der Waals surface area contributed by atoms with Gasteiger partial charge in [-0.2, -0.15) is 0 Å². The number of amides is 2. The maximum absolute atomic E-state index is 12.8. The van der Waals surface area contributed by atoms with Crippen LogP contribution < -0.4 is 5.32 Å². The first-order chi connectivity index (χ1) is 11.9. The van der Waals surface area contributed by atoms with Gasteiger partial charge in [0.15, 0.2) is 0 Å². The average molecular weight is 365 g/mol. The smallest absolute Gasteiger partial charge is 0.246 e. The van der Waals surface area contributed by atoms with Crippen molar-refractivity contribution in [1.82, 2.24) is 10.2 Å². The van der Waals surface area contributed by atoms with Crippen LogP contribution in [0.4, 0.5) is 0 Å². The molecular formula is C20H32N2O2S. The van der Waals surface area contributed by atoms with E-state index < -0.39 is 6.04 Å².